The second-order valence-electron chi connectivity index (χ2n) is 6.31. The van der Waals surface area contributed by atoms with Gasteiger partial charge in [-0.1, -0.05) is 24.3 Å². The molecule has 152 valence electrons. The molecule has 0 aliphatic heterocycles. The summed E-state index contributed by atoms with van der Waals surface area (Å²) in [6, 6.07) is 11.0. The number of anilines is 1. The summed E-state index contributed by atoms with van der Waals surface area (Å²) in [5, 5.41) is 17.5. The maximum absolute atomic E-state index is 12.7. The fraction of sp³-hybridized carbons (Fsp3) is 0.316. The van der Waals surface area contributed by atoms with Crippen LogP contribution in [0.1, 0.15) is 18.4 Å². The maximum Gasteiger partial charge on any atom is 0.246 e. The standard InChI is InChI=1S/C19H26N6O2.ClH/c1-12-9-14(10-13-5-2-3-6-15(12)13)24-18(27)16(25-17(26)11-20)7-4-8-23-19(21)22;/h2-3,5-6,9-10,16H,4,7-8,11,20H2,1H3,(H,24,27)(H,25,26)(H4,21,22,23);1H/t16-;/m0./s1. The SMILES string of the molecule is Cc1cc(NC(=O)[C@H](CCCNC(=N)N)NC(=O)CN)cc2ccccc12.Cl. The number of halogens is 1. The lowest BCUT2D eigenvalue weighted by molar-refractivity contribution is -0.125. The minimum atomic E-state index is -0.721. The average Bonchev–Trinajstić information content (AvgIpc) is 2.63. The Morgan fingerprint density at radius 1 is 1.21 bits per heavy atom. The maximum atomic E-state index is 12.7. The molecular formula is C19H27ClN6O2. The average molecular weight is 407 g/mol. The number of fused-ring (bicyclic) bond motifs is 1. The van der Waals surface area contributed by atoms with E-state index in [9.17, 15) is 9.59 Å². The Morgan fingerprint density at radius 3 is 2.61 bits per heavy atom. The van der Waals surface area contributed by atoms with Crippen molar-refractivity contribution in [3.63, 3.8) is 0 Å². The first-order valence-electron chi connectivity index (χ1n) is 8.78. The highest BCUT2D eigenvalue weighted by Crippen LogP contribution is 2.23. The van der Waals surface area contributed by atoms with Gasteiger partial charge in [0.25, 0.3) is 0 Å². The molecule has 0 heterocycles. The predicted molar refractivity (Wildman–Crippen MR) is 115 cm³/mol. The van der Waals surface area contributed by atoms with Crippen LogP contribution >= 0.6 is 12.4 Å². The third-order valence-corrected chi connectivity index (χ3v) is 4.16. The topological polar surface area (TPSA) is 146 Å². The first-order chi connectivity index (χ1) is 12.9. The minimum Gasteiger partial charge on any atom is -0.370 e. The number of nitrogens with one attached hydrogen (secondary N) is 4. The lowest BCUT2D eigenvalue weighted by atomic mass is 10.0. The normalized spacial score (nSPS) is 11.2. The summed E-state index contributed by atoms with van der Waals surface area (Å²) in [5.74, 6) is -0.840. The number of hydrogen-bond donors (Lipinski definition) is 6. The monoisotopic (exact) mass is 406 g/mol. The van der Waals surface area contributed by atoms with Crippen LogP contribution in [0.25, 0.3) is 10.8 Å². The summed E-state index contributed by atoms with van der Waals surface area (Å²) in [6.07, 6.45) is 0.948. The van der Waals surface area contributed by atoms with Crippen molar-refractivity contribution in [2.75, 3.05) is 18.4 Å². The molecule has 0 spiro atoms. The van der Waals surface area contributed by atoms with E-state index < -0.39 is 11.9 Å². The van der Waals surface area contributed by atoms with E-state index in [2.05, 4.69) is 16.0 Å². The van der Waals surface area contributed by atoms with E-state index >= 15 is 0 Å². The lowest BCUT2D eigenvalue weighted by Gasteiger charge is -2.19. The largest absolute Gasteiger partial charge is 0.370 e. The van der Waals surface area contributed by atoms with Gasteiger partial charge in [0.15, 0.2) is 5.96 Å². The molecule has 0 aliphatic rings. The van der Waals surface area contributed by atoms with Crippen molar-refractivity contribution < 1.29 is 9.59 Å². The quantitative estimate of drug-likeness (QED) is 0.221. The molecule has 0 saturated carbocycles. The highest BCUT2D eigenvalue weighted by Gasteiger charge is 2.20. The molecule has 0 saturated heterocycles. The first kappa shape index (κ1) is 23.2. The van der Waals surface area contributed by atoms with Crippen molar-refractivity contribution in [2.45, 2.75) is 25.8 Å². The molecule has 8 nitrogen and oxygen atoms in total. The summed E-state index contributed by atoms with van der Waals surface area (Å²) in [4.78, 5) is 24.3. The van der Waals surface area contributed by atoms with Crippen LogP contribution in [0.2, 0.25) is 0 Å². The molecule has 2 aromatic carbocycles. The van der Waals surface area contributed by atoms with Crippen LogP contribution in [0.3, 0.4) is 0 Å². The Hall–Kier alpha value is -2.84. The highest BCUT2D eigenvalue weighted by molar-refractivity contribution is 5.99. The fourth-order valence-electron chi connectivity index (χ4n) is 2.86. The van der Waals surface area contributed by atoms with Gasteiger partial charge in [0, 0.05) is 12.2 Å². The van der Waals surface area contributed by atoms with Gasteiger partial charge in [0.2, 0.25) is 11.8 Å². The van der Waals surface area contributed by atoms with Crippen molar-refractivity contribution in [3.8, 4) is 0 Å². The fourth-order valence-corrected chi connectivity index (χ4v) is 2.86. The number of hydrogen-bond acceptors (Lipinski definition) is 4. The number of carbonyl (C=O) groups is 2. The Kier molecular flexibility index (Phi) is 9.20. The Balaban J connectivity index is 0.00000392. The van der Waals surface area contributed by atoms with Crippen LogP contribution < -0.4 is 27.4 Å². The molecule has 2 rings (SSSR count). The number of carbonyl (C=O) groups excluding carboxylic acids is 2. The molecule has 0 aliphatic carbocycles. The molecule has 2 aromatic rings. The number of aryl methyl sites for hydroxylation is 1. The van der Waals surface area contributed by atoms with Crippen LogP contribution in [-0.2, 0) is 9.59 Å². The third-order valence-electron chi connectivity index (χ3n) is 4.16. The summed E-state index contributed by atoms with van der Waals surface area (Å²) in [7, 11) is 0. The van der Waals surface area contributed by atoms with Gasteiger partial charge < -0.3 is 27.4 Å². The smallest absolute Gasteiger partial charge is 0.246 e. The second kappa shape index (κ2) is 11.1. The van der Waals surface area contributed by atoms with Crippen LogP contribution in [0.4, 0.5) is 5.69 Å². The molecule has 0 unspecified atom stereocenters. The molecular weight excluding hydrogens is 380 g/mol. The van der Waals surface area contributed by atoms with E-state index in [0.717, 1.165) is 16.3 Å². The second-order valence-corrected chi connectivity index (χ2v) is 6.31. The molecule has 1 atom stereocenters. The number of benzene rings is 2. The van der Waals surface area contributed by atoms with Crippen molar-refractivity contribution in [1.82, 2.24) is 10.6 Å². The van der Waals surface area contributed by atoms with E-state index in [1.54, 1.807) is 0 Å². The van der Waals surface area contributed by atoms with Gasteiger partial charge in [-0.25, -0.2) is 0 Å². The molecule has 0 aromatic heterocycles. The molecule has 8 N–H and O–H groups in total. The lowest BCUT2D eigenvalue weighted by Crippen LogP contribution is -2.46. The summed E-state index contributed by atoms with van der Waals surface area (Å²) in [6.45, 7) is 2.23. The Bertz CT molecular complexity index is 842. The van der Waals surface area contributed by atoms with Gasteiger partial charge in [0.05, 0.1) is 6.54 Å². The van der Waals surface area contributed by atoms with Gasteiger partial charge in [-0.05, 0) is 48.2 Å². The third kappa shape index (κ3) is 6.71. The minimum absolute atomic E-state index is 0. The summed E-state index contributed by atoms with van der Waals surface area (Å²) < 4.78 is 0. The van der Waals surface area contributed by atoms with Crippen molar-refractivity contribution in [1.29, 1.82) is 5.41 Å². The zero-order valence-corrected chi connectivity index (χ0v) is 16.6. The van der Waals surface area contributed by atoms with Crippen molar-refractivity contribution in [3.05, 3.63) is 42.0 Å². The molecule has 0 bridgehead atoms. The van der Waals surface area contributed by atoms with Crippen LogP contribution in [0, 0.1) is 12.3 Å². The Morgan fingerprint density at radius 2 is 1.93 bits per heavy atom. The van der Waals surface area contributed by atoms with E-state index in [-0.39, 0.29) is 30.8 Å². The van der Waals surface area contributed by atoms with Gasteiger partial charge in [-0.15, -0.1) is 12.4 Å². The molecule has 0 fully saturated rings. The van der Waals surface area contributed by atoms with E-state index in [0.29, 0.717) is 25.1 Å². The first-order valence-corrected chi connectivity index (χ1v) is 8.78. The molecule has 0 radical (unpaired) electrons. The van der Waals surface area contributed by atoms with E-state index in [4.69, 9.17) is 16.9 Å². The van der Waals surface area contributed by atoms with Crippen LogP contribution in [-0.4, -0.2) is 36.9 Å². The van der Waals surface area contributed by atoms with Crippen molar-refractivity contribution in [2.24, 2.45) is 11.5 Å². The van der Waals surface area contributed by atoms with Crippen LogP contribution in [0.15, 0.2) is 36.4 Å². The number of rotatable bonds is 8. The summed E-state index contributed by atoms with van der Waals surface area (Å²) in [5.41, 5.74) is 12.3. The number of amides is 2. The zero-order valence-electron chi connectivity index (χ0n) is 15.7. The van der Waals surface area contributed by atoms with Crippen molar-refractivity contribution >= 4 is 46.6 Å². The van der Waals surface area contributed by atoms with E-state index in [1.807, 2.05) is 43.3 Å². The predicted octanol–water partition coefficient (Wildman–Crippen LogP) is 1.22. The Labute approximate surface area is 170 Å². The van der Waals surface area contributed by atoms with E-state index in [1.165, 1.54) is 0 Å². The molecule has 28 heavy (non-hydrogen) atoms. The molecule has 2 amide bonds. The molecule has 9 heteroatoms. The van der Waals surface area contributed by atoms with Gasteiger partial charge in [-0.3, -0.25) is 15.0 Å². The zero-order chi connectivity index (χ0) is 19.8. The van der Waals surface area contributed by atoms with Crippen LogP contribution in [0.5, 0.6) is 0 Å². The summed E-state index contributed by atoms with van der Waals surface area (Å²) >= 11 is 0. The highest BCUT2D eigenvalue weighted by atomic mass is 35.5. The van der Waals surface area contributed by atoms with Gasteiger partial charge >= 0.3 is 0 Å². The van der Waals surface area contributed by atoms with Gasteiger partial charge in [0.1, 0.15) is 6.04 Å². The van der Waals surface area contributed by atoms with Gasteiger partial charge in [-0.2, -0.15) is 0 Å². The number of nitrogens with two attached hydrogens (primary N) is 2. The number of guanidine groups is 1.